The van der Waals surface area contributed by atoms with Crippen LogP contribution >= 0.6 is 0 Å². The van der Waals surface area contributed by atoms with Crippen LogP contribution in [0.25, 0.3) is 0 Å². The number of carbonyl (C=O) groups is 9. The van der Waals surface area contributed by atoms with E-state index in [4.69, 9.17) is 15.2 Å². The number of amides is 7. The number of aromatic nitrogens is 2. The lowest BCUT2D eigenvalue weighted by atomic mass is 9.96. The number of nitrogens with one attached hydrogen (secondary N) is 7. The lowest BCUT2D eigenvalue weighted by molar-refractivity contribution is -0.150. The zero-order chi connectivity index (χ0) is 58.1. The van der Waals surface area contributed by atoms with Gasteiger partial charge in [-0.3, -0.25) is 33.6 Å². The Morgan fingerprint density at radius 2 is 1.30 bits per heavy atom. The molecule has 1 aliphatic rings. The van der Waals surface area contributed by atoms with E-state index in [-0.39, 0.29) is 57.6 Å². The molecule has 1 aromatic heterocycles. The lowest BCUT2D eigenvalue weighted by Crippen LogP contribution is -2.62. The molecule has 23 heteroatoms. The van der Waals surface area contributed by atoms with E-state index in [1.54, 1.807) is 58.0 Å². The number of aromatic hydroxyl groups is 1. The Kier molecular flexibility index (Phi) is 24.9. The highest BCUT2D eigenvalue weighted by Crippen LogP contribution is 2.22. The Morgan fingerprint density at radius 1 is 0.688 bits per heavy atom. The van der Waals surface area contributed by atoms with Crippen molar-refractivity contribution < 1.29 is 62.8 Å². The number of carboxylic acid groups (broad SMARTS) is 1. The monoisotopic (exact) mass is 1110 g/mol. The van der Waals surface area contributed by atoms with Gasteiger partial charge in [-0.25, -0.2) is 14.6 Å². The van der Waals surface area contributed by atoms with Gasteiger partial charge in [-0.05, 0) is 85.7 Å². The summed E-state index contributed by atoms with van der Waals surface area (Å²) >= 11 is 0. The highest BCUT2D eigenvalue weighted by atomic mass is 16.5. The molecule has 3 aromatic carbocycles. The number of alkyl carbamates (subject to hydrolysis) is 1. The first-order valence-electron chi connectivity index (χ1n) is 27.0. The number of rotatable bonds is 31. The molecular weight excluding hydrogens is 1030 g/mol. The summed E-state index contributed by atoms with van der Waals surface area (Å²) in [5, 5.41) is 35.7. The molecule has 0 aliphatic carbocycles. The van der Waals surface area contributed by atoms with E-state index in [0.29, 0.717) is 49.0 Å². The Hall–Kier alpha value is -8.34. The zero-order valence-electron chi connectivity index (χ0n) is 45.7. The largest absolute Gasteiger partial charge is 0.508 e. The Morgan fingerprint density at radius 3 is 1.90 bits per heavy atom. The van der Waals surface area contributed by atoms with Gasteiger partial charge in [-0.1, -0.05) is 107 Å². The summed E-state index contributed by atoms with van der Waals surface area (Å²) in [7, 11) is 0. The smallest absolute Gasteiger partial charge is 0.408 e. The topological polar surface area (TPSA) is 343 Å². The maximum atomic E-state index is 14.7. The molecule has 0 spiro atoms. The number of hydrogen-bond acceptors (Lipinski definition) is 14. The fraction of sp³-hybridized carbons (Fsp3) is 0.474. The number of unbranched alkanes of at least 4 members (excludes halogenated alkanes) is 1. The van der Waals surface area contributed by atoms with Crippen molar-refractivity contribution in [3.8, 4) is 5.75 Å². The molecule has 4 aromatic rings. The number of esters is 1. The van der Waals surface area contributed by atoms with Crippen molar-refractivity contribution in [3.63, 3.8) is 0 Å². The molecule has 0 unspecified atom stereocenters. The van der Waals surface area contributed by atoms with Crippen molar-refractivity contribution >= 4 is 53.5 Å². The van der Waals surface area contributed by atoms with Crippen LogP contribution in [0.2, 0.25) is 0 Å². The molecule has 1 saturated heterocycles. The van der Waals surface area contributed by atoms with Crippen molar-refractivity contribution in [3.05, 3.63) is 120 Å². The summed E-state index contributed by atoms with van der Waals surface area (Å²) in [4.78, 5) is 133. The van der Waals surface area contributed by atoms with Gasteiger partial charge >= 0.3 is 18.0 Å². The van der Waals surface area contributed by atoms with Gasteiger partial charge in [0.1, 0.15) is 61.3 Å². The van der Waals surface area contributed by atoms with E-state index in [9.17, 15) is 53.4 Å². The second kappa shape index (κ2) is 31.9. The Balaban J connectivity index is 1.34. The molecule has 0 bridgehead atoms. The summed E-state index contributed by atoms with van der Waals surface area (Å²) < 4.78 is 10.9. The number of likely N-dealkylation sites (tertiary alicyclic amines) is 1. The lowest BCUT2D eigenvalue weighted by Gasteiger charge is -2.32. The van der Waals surface area contributed by atoms with Gasteiger partial charge in [0, 0.05) is 37.7 Å². The van der Waals surface area contributed by atoms with Crippen LogP contribution in [0.1, 0.15) is 101 Å². The minimum atomic E-state index is -1.45. The molecule has 23 nitrogen and oxygen atoms in total. The van der Waals surface area contributed by atoms with E-state index < -0.39 is 114 Å². The van der Waals surface area contributed by atoms with Gasteiger partial charge in [0.15, 0.2) is 0 Å². The molecular formula is C57H76N10O13. The quantitative estimate of drug-likeness (QED) is 0.0256. The number of aromatic amines is 1. The first-order valence-corrected chi connectivity index (χ1v) is 27.0. The van der Waals surface area contributed by atoms with Crippen LogP contribution in [0.4, 0.5) is 4.79 Å². The molecule has 2 heterocycles. The van der Waals surface area contributed by atoms with Gasteiger partial charge in [-0.2, -0.15) is 0 Å². The van der Waals surface area contributed by atoms with Crippen LogP contribution in [0.15, 0.2) is 97.5 Å². The highest BCUT2D eigenvalue weighted by Gasteiger charge is 2.41. The van der Waals surface area contributed by atoms with Crippen LogP contribution in [0, 0.1) is 11.8 Å². The van der Waals surface area contributed by atoms with Crippen LogP contribution < -0.4 is 37.6 Å². The van der Waals surface area contributed by atoms with Gasteiger partial charge in [0.2, 0.25) is 35.4 Å². The maximum Gasteiger partial charge on any atom is 0.408 e. The second-order valence-corrected chi connectivity index (χ2v) is 20.2. The van der Waals surface area contributed by atoms with Gasteiger partial charge in [-0.15, -0.1) is 0 Å². The van der Waals surface area contributed by atoms with E-state index in [1.807, 2.05) is 30.3 Å². The summed E-state index contributed by atoms with van der Waals surface area (Å²) in [6.07, 6.45) is 3.20. The molecule has 8 atom stereocenters. The van der Waals surface area contributed by atoms with E-state index in [2.05, 4.69) is 41.9 Å². The fourth-order valence-corrected chi connectivity index (χ4v) is 8.95. The number of H-pyrrole nitrogens is 1. The van der Waals surface area contributed by atoms with E-state index in [0.717, 1.165) is 5.56 Å². The van der Waals surface area contributed by atoms with Gasteiger partial charge in [0.05, 0.1) is 6.33 Å². The number of phenols is 1. The predicted octanol–water partition coefficient (Wildman–Crippen LogP) is 3.05. The third-order valence-electron chi connectivity index (χ3n) is 13.7. The van der Waals surface area contributed by atoms with Crippen LogP contribution in [-0.2, 0) is 73.9 Å². The first-order chi connectivity index (χ1) is 38.4. The zero-order valence-corrected chi connectivity index (χ0v) is 45.7. The average Bonchev–Trinajstić information content (AvgIpc) is 4.19. The molecule has 432 valence electrons. The summed E-state index contributed by atoms with van der Waals surface area (Å²) in [6.45, 7) is 7.16. The first kappa shape index (κ1) is 62.5. The SMILES string of the molecule is CC[C@H](C)[C@H](NC(=O)[C@H](Cc1ccc(O)cc1)NC(=O)[C@@H](NC(=O)[C@H](CCC(=O)O)NC(=O)OCc1ccccc1)C(C)C)C(=O)N[C@@H](Cc1cnc[nH]1)C(=O)N1CCC[C@H]1C(=O)N[C@@H](CCCCN)C(=O)OCc1ccccc1. The molecule has 0 radical (unpaired) electrons. The second-order valence-electron chi connectivity index (χ2n) is 20.2. The van der Waals surface area contributed by atoms with Crippen molar-refractivity contribution in [2.45, 2.75) is 147 Å². The molecule has 11 N–H and O–H groups in total. The third kappa shape index (κ3) is 19.8. The van der Waals surface area contributed by atoms with E-state index >= 15 is 0 Å². The molecule has 1 fully saturated rings. The van der Waals surface area contributed by atoms with Crippen molar-refractivity contribution in [1.29, 1.82) is 0 Å². The minimum absolute atomic E-state index is 0.00833. The number of phenolic OH excluding ortho intramolecular Hbond substituents is 1. The Bertz CT molecular complexity index is 2660. The predicted molar refractivity (Wildman–Crippen MR) is 292 cm³/mol. The Labute approximate surface area is 465 Å². The summed E-state index contributed by atoms with van der Waals surface area (Å²) in [6, 6.07) is 14.8. The van der Waals surface area contributed by atoms with Gasteiger partial charge in [0.25, 0.3) is 0 Å². The molecule has 80 heavy (non-hydrogen) atoms. The third-order valence-corrected chi connectivity index (χ3v) is 13.7. The van der Waals surface area contributed by atoms with Crippen molar-refractivity contribution in [1.82, 2.24) is 46.8 Å². The molecule has 1 aliphatic heterocycles. The number of aliphatic carboxylic acids is 1. The van der Waals surface area contributed by atoms with Crippen molar-refractivity contribution in [2.24, 2.45) is 17.6 Å². The average molecular weight is 1110 g/mol. The number of carbonyl (C=O) groups excluding carboxylic acids is 8. The van der Waals surface area contributed by atoms with Crippen molar-refractivity contribution in [2.75, 3.05) is 13.1 Å². The molecule has 5 rings (SSSR count). The molecule has 0 saturated carbocycles. The summed E-state index contributed by atoms with van der Waals surface area (Å²) in [5.41, 5.74) is 8.13. The number of ether oxygens (including phenoxy) is 2. The normalized spacial score (nSPS) is 15.6. The number of carboxylic acids is 1. The molecule has 7 amide bonds. The van der Waals surface area contributed by atoms with Crippen LogP contribution in [0.3, 0.4) is 0 Å². The number of benzene rings is 3. The van der Waals surface area contributed by atoms with Crippen LogP contribution in [0.5, 0.6) is 5.75 Å². The number of nitrogens with zero attached hydrogens (tertiary/aromatic N) is 2. The number of hydrogen-bond donors (Lipinski definition) is 10. The van der Waals surface area contributed by atoms with Gasteiger partial charge < -0.3 is 67.2 Å². The number of nitrogens with two attached hydrogens (primary N) is 1. The van der Waals surface area contributed by atoms with Crippen LogP contribution in [-0.4, -0.2) is 134 Å². The maximum absolute atomic E-state index is 14.7. The number of imidazole rings is 1. The highest BCUT2D eigenvalue weighted by molar-refractivity contribution is 5.98. The minimum Gasteiger partial charge on any atom is -0.508 e. The standard InChI is InChI=1S/C57H76N10O13/c1-5-36(4)49(54(75)63-45(30-40-31-59-34-60-40)55(76)67-28-14-20-46(67)52(73)61-43(19-12-13-27-58)56(77)79-32-38-15-8-6-9-16-38)66-51(72)44(29-37-21-23-41(68)24-22-37)62-53(74)48(35(2)3)65-50(71)42(25-26-47(69)70)64-57(78)80-33-39-17-10-7-11-18-39/h6-11,15-18,21-24,31,34-36,42-46,48-49,68H,5,12-14,19-20,25-30,32-33,58H2,1-4H3,(H,59,60)(H,61,73)(H,62,74)(H,63,75)(H,64,78)(H,65,71)(H,66,72)(H,69,70)/t36-,42-,43-,44-,45-,46-,48-,49-/m0/s1. The summed E-state index contributed by atoms with van der Waals surface area (Å²) in [5.74, 6) is -7.61. The van der Waals surface area contributed by atoms with E-state index in [1.165, 1.54) is 41.7 Å². The fourth-order valence-electron chi connectivity index (χ4n) is 8.95.